The Bertz CT molecular complexity index is 820. The van der Waals surface area contributed by atoms with Crippen molar-refractivity contribution in [2.24, 2.45) is 0 Å². The van der Waals surface area contributed by atoms with Gasteiger partial charge >= 0.3 is 0 Å². The lowest BCUT2D eigenvalue weighted by atomic mass is 10.2. The number of amides is 2. The predicted octanol–water partition coefficient (Wildman–Crippen LogP) is 2.88. The zero-order valence-corrected chi connectivity index (χ0v) is 13.7. The van der Waals surface area contributed by atoms with E-state index in [1.165, 1.54) is 25.1 Å². The summed E-state index contributed by atoms with van der Waals surface area (Å²) in [5.41, 5.74) is 1.46. The van der Waals surface area contributed by atoms with Crippen molar-refractivity contribution in [2.75, 3.05) is 17.2 Å². The van der Waals surface area contributed by atoms with Crippen molar-refractivity contribution in [1.29, 1.82) is 0 Å². The van der Waals surface area contributed by atoms with Crippen molar-refractivity contribution in [1.82, 2.24) is 0 Å². The highest BCUT2D eigenvalue weighted by molar-refractivity contribution is 5.93. The van der Waals surface area contributed by atoms with Crippen LogP contribution in [0.5, 0.6) is 5.75 Å². The van der Waals surface area contributed by atoms with Crippen molar-refractivity contribution < 1.29 is 19.2 Å². The molecule has 0 spiro atoms. The van der Waals surface area contributed by atoms with Gasteiger partial charge in [-0.15, -0.1) is 0 Å². The SMILES string of the molecule is CC(=O)Nc1ccccc1OCC(=O)Nc1ccc([N+](=O)[O-])cc1C. The van der Waals surface area contributed by atoms with E-state index in [1.807, 2.05) is 0 Å². The first-order valence-corrected chi connectivity index (χ1v) is 7.41. The maximum absolute atomic E-state index is 12.0. The first-order valence-electron chi connectivity index (χ1n) is 7.41. The molecule has 0 atom stereocenters. The highest BCUT2D eigenvalue weighted by Gasteiger charge is 2.12. The molecule has 0 bridgehead atoms. The summed E-state index contributed by atoms with van der Waals surface area (Å²) in [7, 11) is 0. The van der Waals surface area contributed by atoms with Crippen LogP contribution in [-0.4, -0.2) is 23.3 Å². The molecule has 0 aliphatic rings. The summed E-state index contributed by atoms with van der Waals surface area (Å²) in [5.74, 6) is -0.301. The highest BCUT2D eigenvalue weighted by atomic mass is 16.6. The van der Waals surface area contributed by atoms with Crippen molar-refractivity contribution >= 4 is 28.9 Å². The molecule has 0 aliphatic heterocycles. The number of nitrogens with one attached hydrogen (secondary N) is 2. The van der Waals surface area contributed by atoms with Gasteiger partial charge in [0.05, 0.1) is 10.6 Å². The number of benzene rings is 2. The maximum Gasteiger partial charge on any atom is 0.269 e. The molecule has 0 unspecified atom stereocenters. The van der Waals surface area contributed by atoms with Crippen LogP contribution in [0.1, 0.15) is 12.5 Å². The second-order valence-electron chi connectivity index (χ2n) is 5.27. The molecule has 2 N–H and O–H groups in total. The first kappa shape index (κ1) is 17.9. The van der Waals surface area contributed by atoms with Crippen LogP contribution < -0.4 is 15.4 Å². The second kappa shape index (κ2) is 7.91. The summed E-state index contributed by atoms with van der Waals surface area (Å²) in [6.45, 7) is 2.77. The van der Waals surface area contributed by atoms with E-state index in [-0.39, 0.29) is 18.2 Å². The van der Waals surface area contributed by atoms with Gasteiger partial charge in [-0.25, -0.2) is 0 Å². The second-order valence-corrected chi connectivity index (χ2v) is 5.27. The molecule has 8 nitrogen and oxygen atoms in total. The number of rotatable bonds is 6. The van der Waals surface area contributed by atoms with Gasteiger partial charge in [0.1, 0.15) is 5.75 Å². The lowest BCUT2D eigenvalue weighted by molar-refractivity contribution is -0.384. The summed E-state index contributed by atoms with van der Waals surface area (Å²) >= 11 is 0. The van der Waals surface area contributed by atoms with Gasteiger partial charge in [-0.3, -0.25) is 19.7 Å². The molecule has 0 aliphatic carbocycles. The Kier molecular flexibility index (Phi) is 5.67. The van der Waals surface area contributed by atoms with E-state index >= 15 is 0 Å². The third kappa shape index (κ3) is 5.03. The summed E-state index contributed by atoms with van der Waals surface area (Å²) < 4.78 is 5.44. The fraction of sp³-hybridized carbons (Fsp3) is 0.176. The molecule has 2 rings (SSSR count). The summed E-state index contributed by atoms with van der Waals surface area (Å²) in [4.78, 5) is 33.4. The lowest BCUT2D eigenvalue weighted by Gasteiger charge is -2.12. The Labute approximate surface area is 144 Å². The van der Waals surface area contributed by atoms with Crippen LogP contribution in [0.25, 0.3) is 0 Å². The molecule has 0 fully saturated rings. The first-order chi connectivity index (χ1) is 11.9. The smallest absolute Gasteiger partial charge is 0.269 e. The van der Waals surface area contributed by atoms with Gasteiger partial charge < -0.3 is 15.4 Å². The topological polar surface area (TPSA) is 111 Å². The molecule has 2 aromatic carbocycles. The predicted molar refractivity (Wildman–Crippen MR) is 92.7 cm³/mol. The maximum atomic E-state index is 12.0. The van der Waals surface area contributed by atoms with E-state index in [0.717, 1.165) is 0 Å². The number of anilines is 2. The Morgan fingerprint density at radius 3 is 2.48 bits per heavy atom. The van der Waals surface area contributed by atoms with Crippen molar-refractivity contribution in [2.45, 2.75) is 13.8 Å². The molecule has 25 heavy (non-hydrogen) atoms. The van der Waals surface area contributed by atoms with Gasteiger partial charge in [-0.1, -0.05) is 12.1 Å². The molecule has 2 aromatic rings. The average Bonchev–Trinajstić information content (AvgIpc) is 2.55. The molecule has 2 amide bonds. The van der Waals surface area contributed by atoms with E-state index in [2.05, 4.69) is 10.6 Å². The number of nitro benzene ring substituents is 1. The minimum Gasteiger partial charge on any atom is -0.482 e. The summed E-state index contributed by atoms with van der Waals surface area (Å²) in [5, 5.41) is 16.0. The van der Waals surface area contributed by atoms with Gasteiger partial charge in [-0.05, 0) is 30.7 Å². The minimum atomic E-state index is -0.499. The average molecular weight is 343 g/mol. The third-order valence-electron chi connectivity index (χ3n) is 3.25. The lowest BCUT2D eigenvalue weighted by Crippen LogP contribution is -2.21. The van der Waals surface area contributed by atoms with Crippen LogP contribution in [0.4, 0.5) is 17.1 Å². The van der Waals surface area contributed by atoms with Crippen molar-refractivity contribution in [3.05, 3.63) is 58.1 Å². The third-order valence-corrected chi connectivity index (χ3v) is 3.25. The number of carbonyl (C=O) groups is 2. The minimum absolute atomic E-state index is 0.0454. The monoisotopic (exact) mass is 343 g/mol. The number of nitro groups is 1. The number of nitrogens with zero attached hydrogens (tertiary/aromatic N) is 1. The van der Waals surface area contributed by atoms with Gasteiger partial charge in [0, 0.05) is 24.7 Å². The summed E-state index contributed by atoms with van der Waals surface area (Å²) in [6, 6.07) is 10.9. The molecule has 0 saturated carbocycles. The van der Waals surface area contributed by atoms with E-state index in [0.29, 0.717) is 22.7 Å². The van der Waals surface area contributed by atoms with Gasteiger partial charge in [-0.2, -0.15) is 0 Å². The van der Waals surface area contributed by atoms with E-state index in [9.17, 15) is 19.7 Å². The summed E-state index contributed by atoms with van der Waals surface area (Å²) in [6.07, 6.45) is 0. The quantitative estimate of drug-likeness (QED) is 0.619. The standard InChI is InChI=1S/C17H17N3O5/c1-11-9-13(20(23)24)7-8-14(11)19-17(22)10-25-16-6-4-3-5-15(16)18-12(2)21/h3-9H,10H2,1-2H3,(H,18,21)(H,19,22). The fourth-order valence-electron chi connectivity index (χ4n) is 2.12. The Hall–Kier alpha value is -3.42. The number of aryl methyl sites for hydroxylation is 1. The molecule has 0 aromatic heterocycles. The van der Waals surface area contributed by atoms with Gasteiger partial charge in [0.15, 0.2) is 6.61 Å². The number of carbonyl (C=O) groups excluding carboxylic acids is 2. The van der Waals surface area contributed by atoms with Crippen LogP contribution in [0.15, 0.2) is 42.5 Å². The molecule has 8 heteroatoms. The molecule has 130 valence electrons. The molecular formula is C17H17N3O5. The zero-order valence-electron chi connectivity index (χ0n) is 13.7. The zero-order chi connectivity index (χ0) is 18.4. The number of para-hydroxylation sites is 2. The highest BCUT2D eigenvalue weighted by Crippen LogP contribution is 2.24. The molecular weight excluding hydrogens is 326 g/mol. The number of hydrogen-bond acceptors (Lipinski definition) is 5. The Morgan fingerprint density at radius 2 is 1.84 bits per heavy atom. The van der Waals surface area contributed by atoms with Crippen LogP contribution in [0, 0.1) is 17.0 Å². The molecule has 0 saturated heterocycles. The van der Waals surface area contributed by atoms with E-state index in [4.69, 9.17) is 4.74 Å². The van der Waals surface area contributed by atoms with Crippen molar-refractivity contribution in [3.8, 4) is 5.75 Å². The van der Waals surface area contributed by atoms with Crippen LogP contribution in [-0.2, 0) is 9.59 Å². The van der Waals surface area contributed by atoms with Gasteiger partial charge in [0.25, 0.3) is 11.6 Å². The van der Waals surface area contributed by atoms with E-state index in [1.54, 1.807) is 31.2 Å². The van der Waals surface area contributed by atoms with Gasteiger partial charge in [0.2, 0.25) is 5.91 Å². The molecule has 0 heterocycles. The Morgan fingerprint density at radius 1 is 1.12 bits per heavy atom. The number of non-ortho nitro benzene ring substituents is 1. The van der Waals surface area contributed by atoms with Crippen LogP contribution >= 0.6 is 0 Å². The molecule has 0 radical (unpaired) electrons. The fourth-order valence-corrected chi connectivity index (χ4v) is 2.12. The van der Waals surface area contributed by atoms with E-state index < -0.39 is 10.8 Å². The van der Waals surface area contributed by atoms with Crippen molar-refractivity contribution in [3.63, 3.8) is 0 Å². The normalized spacial score (nSPS) is 10.0. The van der Waals surface area contributed by atoms with Crippen LogP contribution in [0.2, 0.25) is 0 Å². The number of ether oxygens (including phenoxy) is 1. The number of hydrogen-bond donors (Lipinski definition) is 2. The Balaban J connectivity index is 2.00. The van der Waals surface area contributed by atoms with Crippen LogP contribution in [0.3, 0.4) is 0 Å². The largest absolute Gasteiger partial charge is 0.482 e.